The topological polar surface area (TPSA) is 0 Å². The van der Waals surface area contributed by atoms with Crippen LogP contribution in [0.3, 0.4) is 0 Å². The second-order valence-corrected chi connectivity index (χ2v) is 4.08. The molecule has 0 fully saturated rings. The van der Waals surface area contributed by atoms with Crippen molar-refractivity contribution in [3.63, 3.8) is 0 Å². The zero-order valence-electron chi connectivity index (χ0n) is 7.52. The molecule has 10 heavy (non-hydrogen) atoms. The van der Waals surface area contributed by atoms with E-state index in [0.717, 1.165) is 24.7 Å². The maximum atomic E-state index is 6.00. The van der Waals surface area contributed by atoms with Gasteiger partial charge < -0.3 is 0 Å². The molecular formula is C9H19Cl. The van der Waals surface area contributed by atoms with Gasteiger partial charge in [0.2, 0.25) is 0 Å². The summed E-state index contributed by atoms with van der Waals surface area (Å²) in [6.07, 6.45) is 2.26. The van der Waals surface area contributed by atoms with Crippen molar-refractivity contribution < 1.29 is 0 Å². The van der Waals surface area contributed by atoms with E-state index in [1.807, 2.05) is 0 Å². The minimum atomic E-state index is 0.386. The van der Waals surface area contributed by atoms with E-state index < -0.39 is 0 Å². The second-order valence-electron chi connectivity index (χ2n) is 3.46. The molecule has 0 rings (SSSR count). The van der Waals surface area contributed by atoms with Crippen molar-refractivity contribution in [2.75, 3.05) is 0 Å². The van der Waals surface area contributed by atoms with Gasteiger partial charge in [-0.25, -0.2) is 0 Å². The molecule has 0 aliphatic rings. The summed E-state index contributed by atoms with van der Waals surface area (Å²) in [7, 11) is 0. The first kappa shape index (κ1) is 10.3. The van der Waals surface area contributed by atoms with E-state index in [2.05, 4.69) is 27.7 Å². The smallest absolute Gasteiger partial charge is 0.0336 e. The molecule has 0 radical (unpaired) electrons. The van der Waals surface area contributed by atoms with Gasteiger partial charge in [0.1, 0.15) is 0 Å². The first-order valence-electron chi connectivity index (χ1n) is 4.22. The molecule has 0 bridgehead atoms. The highest BCUT2D eigenvalue weighted by molar-refractivity contribution is 6.20. The van der Waals surface area contributed by atoms with Gasteiger partial charge in [0.15, 0.2) is 0 Å². The summed E-state index contributed by atoms with van der Waals surface area (Å²) in [4.78, 5) is 0. The molecule has 0 saturated carbocycles. The Morgan fingerprint density at radius 3 is 2.00 bits per heavy atom. The van der Waals surface area contributed by atoms with Gasteiger partial charge in [-0.3, -0.25) is 0 Å². The fourth-order valence-corrected chi connectivity index (χ4v) is 1.12. The first-order chi connectivity index (χ1) is 4.57. The van der Waals surface area contributed by atoms with Crippen LogP contribution in [0, 0.1) is 11.8 Å². The zero-order valence-corrected chi connectivity index (χ0v) is 8.28. The molecule has 0 N–H and O–H groups in total. The Kier molecular flexibility index (Phi) is 5.15. The van der Waals surface area contributed by atoms with Gasteiger partial charge in [0.05, 0.1) is 0 Å². The maximum Gasteiger partial charge on any atom is 0.0336 e. The van der Waals surface area contributed by atoms with E-state index in [1.165, 1.54) is 0 Å². The van der Waals surface area contributed by atoms with Crippen LogP contribution in [-0.2, 0) is 0 Å². The molecule has 1 heteroatoms. The highest BCUT2D eigenvalue weighted by Gasteiger charge is 2.11. The average Bonchev–Trinajstić information content (AvgIpc) is 1.87. The molecule has 0 amide bonds. The average molecular weight is 163 g/mol. The van der Waals surface area contributed by atoms with Crippen LogP contribution in [0.5, 0.6) is 0 Å². The maximum absolute atomic E-state index is 6.00. The highest BCUT2D eigenvalue weighted by atomic mass is 35.5. The van der Waals surface area contributed by atoms with Crippen molar-refractivity contribution in [1.82, 2.24) is 0 Å². The van der Waals surface area contributed by atoms with Crippen molar-refractivity contribution in [2.45, 2.75) is 45.9 Å². The van der Waals surface area contributed by atoms with E-state index in [0.29, 0.717) is 5.38 Å². The summed E-state index contributed by atoms with van der Waals surface area (Å²) >= 11 is 6.00. The van der Waals surface area contributed by atoms with Gasteiger partial charge in [0, 0.05) is 5.38 Å². The first-order valence-corrected chi connectivity index (χ1v) is 4.65. The Hall–Kier alpha value is 0.290. The standard InChI is InChI=1S/C9H19Cl/c1-5-9(10)6-8(4)7(2)3/h7-9H,5-6H2,1-4H3/t8?,9-/m1/s1. The van der Waals surface area contributed by atoms with E-state index in [-0.39, 0.29) is 0 Å². The number of rotatable bonds is 4. The van der Waals surface area contributed by atoms with Gasteiger partial charge in [0.25, 0.3) is 0 Å². The number of hydrogen-bond donors (Lipinski definition) is 0. The van der Waals surface area contributed by atoms with Gasteiger partial charge in [-0.15, -0.1) is 11.6 Å². The summed E-state index contributed by atoms with van der Waals surface area (Å²) < 4.78 is 0. The lowest BCUT2D eigenvalue weighted by Crippen LogP contribution is -2.10. The van der Waals surface area contributed by atoms with Crippen molar-refractivity contribution in [3.05, 3.63) is 0 Å². The lowest BCUT2D eigenvalue weighted by Gasteiger charge is -2.17. The molecule has 0 aliphatic carbocycles. The molecule has 0 aromatic carbocycles. The predicted molar refractivity (Wildman–Crippen MR) is 48.6 cm³/mol. The lowest BCUT2D eigenvalue weighted by atomic mass is 9.93. The van der Waals surface area contributed by atoms with E-state index in [4.69, 9.17) is 11.6 Å². The quantitative estimate of drug-likeness (QED) is 0.554. The molecule has 1 unspecified atom stereocenters. The third-order valence-corrected chi connectivity index (χ3v) is 2.70. The van der Waals surface area contributed by atoms with Crippen molar-refractivity contribution in [3.8, 4) is 0 Å². The van der Waals surface area contributed by atoms with Crippen molar-refractivity contribution in [1.29, 1.82) is 0 Å². The summed E-state index contributed by atoms with van der Waals surface area (Å²) in [6, 6.07) is 0. The Bertz CT molecular complexity index is 78.8. The molecule has 0 aromatic heterocycles. The lowest BCUT2D eigenvalue weighted by molar-refractivity contribution is 0.384. The van der Waals surface area contributed by atoms with Crippen LogP contribution >= 0.6 is 11.6 Å². The summed E-state index contributed by atoms with van der Waals surface area (Å²) in [5.74, 6) is 1.54. The SMILES string of the molecule is CC[C@@H](Cl)CC(C)C(C)C. The molecule has 0 aromatic rings. The van der Waals surface area contributed by atoms with Crippen molar-refractivity contribution in [2.24, 2.45) is 11.8 Å². The molecule has 0 heterocycles. The third kappa shape index (κ3) is 4.16. The predicted octanol–water partition coefficient (Wildman–Crippen LogP) is 3.69. The fourth-order valence-electron chi connectivity index (χ4n) is 0.842. The number of hydrogen-bond acceptors (Lipinski definition) is 0. The molecule has 0 saturated heterocycles. The van der Waals surface area contributed by atoms with E-state index >= 15 is 0 Å². The van der Waals surface area contributed by atoms with Crippen LogP contribution in [0.25, 0.3) is 0 Å². The Morgan fingerprint density at radius 1 is 1.20 bits per heavy atom. The monoisotopic (exact) mass is 162 g/mol. The Morgan fingerprint density at radius 2 is 1.70 bits per heavy atom. The normalized spacial score (nSPS) is 17.4. The summed E-state index contributed by atoms with van der Waals surface area (Å²) in [5, 5.41) is 0.386. The van der Waals surface area contributed by atoms with Gasteiger partial charge in [-0.2, -0.15) is 0 Å². The zero-order chi connectivity index (χ0) is 8.15. The fraction of sp³-hybridized carbons (Fsp3) is 1.00. The summed E-state index contributed by atoms with van der Waals surface area (Å²) in [6.45, 7) is 8.92. The highest BCUT2D eigenvalue weighted by Crippen LogP contribution is 2.20. The molecular weight excluding hydrogens is 144 g/mol. The largest absolute Gasteiger partial charge is 0.123 e. The van der Waals surface area contributed by atoms with Crippen LogP contribution < -0.4 is 0 Å². The van der Waals surface area contributed by atoms with Gasteiger partial charge in [-0.05, 0) is 24.7 Å². The van der Waals surface area contributed by atoms with Crippen LogP contribution in [0.4, 0.5) is 0 Å². The number of halogens is 1. The van der Waals surface area contributed by atoms with Gasteiger partial charge in [-0.1, -0.05) is 27.7 Å². The molecule has 0 nitrogen and oxygen atoms in total. The number of alkyl halides is 1. The van der Waals surface area contributed by atoms with Crippen LogP contribution in [0.2, 0.25) is 0 Å². The van der Waals surface area contributed by atoms with E-state index in [1.54, 1.807) is 0 Å². The molecule has 2 atom stereocenters. The third-order valence-electron chi connectivity index (χ3n) is 2.21. The Labute approximate surface area is 70.0 Å². The van der Waals surface area contributed by atoms with Gasteiger partial charge >= 0.3 is 0 Å². The molecule has 62 valence electrons. The van der Waals surface area contributed by atoms with E-state index in [9.17, 15) is 0 Å². The van der Waals surface area contributed by atoms with Crippen LogP contribution in [0.15, 0.2) is 0 Å². The molecule has 0 spiro atoms. The van der Waals surface area contributed by atoms with Crippen molar-refractivity contribution >= 4 is 11.6 Å². The minimum Gasteiger partial charge on any atom is -0.123 e. The molecule has 0 aliphatic heterocycles. The Balaban J connectivity index is 3.46. The second kappa shape index (κ2) is 5.01. The minimum absolute atomic E-state index is 0.386. The summed E-state index contributed by atoms with van der Waals surface area (Å²) in [5.41, 5.74) is 0. The van der Waals surface area contributed by atoms with Crippen LogP contribution in [0.1, 0.15) is 40.5 Å². The van der Waals surface area contributed by atoms with Crippen LogP contribution in [-0.4, -0.2) is 5.38 Å².